The fourth-order valence-electron chi connectivity index (χ4n) is 1.56. The first-order valence-electron chi connectivity index (χ1n) is 4.42. The zero-order valence-corrected chi connectivity index (χ0v) is 7.77. The summed E-state index contributed by atoms with van der Waals surface area (Å²) in [6.45, 7) is 2.61. The molecule has 0 saturated carbocycles. The molecule has 4 nitrogen and oxygen atoms in total. The number of hydrogen-bond acceptors (Lipinski definition) is 2. The molecule has 0 aliphatic rings. The second kappa shape index (κ2) is 3.14. The fourth-order valence-corrected chi connectivity index (χ4v) is 1.56. The average molecular weight is 190 g/mol. The van der Waals surface area contributed by atoms with Crippen LogP contribution in [0.15, 0.2) is 24.4 Å². The number of carboxylic acids is 1. The van der Waals surface area contributed by atoms with E-state index in [1.54, 1.807) is 23.0 Å². The molecule has 1 N–H and O–H groups in total. The Bertz CT molecular complexity index is 488. The quantitative estimate of drug-likeness (QED) is 0.784. The van der Waals surface area contributed by atoms with E-state index in [-0.39, 0.29) is 0 Å². The molecule has 2 rings (SSSR count). The summed E-state index contributed by atoms with van der Waals surface area (Å²) in [5, 5.41) is 14.0. The molecule has 0 atom stereocenters. The van der Waals surface area contributed by atoms with Crippen LogP contribution in [0.1, 0.15) is 17.3 Å². The lowest BCUT2D eigenvalue weighted by molar-refractivity contribution is 0.0698. The van der Waals surface area contributed by atoms with Gasteiger partial charge in [-0.25, -0.2) is 4.79 Å². The zero-order valence-electron chi connectivity index (χ0n) is 7.77. The Labute approximate surface area is 80.8 Å². The van der Waals surface area contributed by atoms with Crippen molar-refractivity contribution in [1.29, 1.82) is 0 Å². The van der Waals surface area contributed by atoms with E-state index in [4.69, 9.17) is 5.11 Å². The third-order valence-electron chi connectivity index (χ3n) is 2.19. The van der Waals surface area contributed by atoms with Crippen LogP contribution in [0, 0.1) is 0 Å². The molecule has 0 unspecified atom stereocenters. The number of aryl methyl sites for hydroxylation is 1. The maximum Gasteiger partial charge on any atom is 0.337 e. The molecule has 1 aromatic carbocycles. The van der Waals surface area contributed by atoms with E-state index in [2.05, 4.69) is 5.10 Å². The summed E-state index contributed by atoms with van der Waals surface area (Å²) in [7, 11) is 0. The minimum atomic E-state index is -0.911. The second-order valence-electron chi connectivity index (χ2n) is 3.01. The van der Waals surface area contributed by atoms with Crippen molar-refractivity contribution in [2.45, 2.75) is 13.5 Å². The first-order valence-corrected chi connectivity index (χ1v) is 4.42. The molecule has 0 amide bonds. The molecule has 14 heavy (non-hydrogen) atoms. The number of aromatic carboxylic acids is 1. The highest BCUT2D eigenvalue weighted by Gasteiger charge is 2.11. The predicted molar refractivity (Wildman–Crippen MR) is 52.4 cm³/mol. The van der Waals surface area contributed by atoms with Crippen molar-refractivity contribution in [2.24, 2.45) is 0 Å². The molecule has 2 aromatic rings. The molecule has 0 fully saturated rings. The standard InChI is InChI=1S/C10H10N2O2/c1-2-12-9-7(6-11-12)4-3-5-8(9)10(13)14/h3-6H,2H2,1H3,(H,13,14). The molecule has 0 aliphatic carbocycles. The topological polar surface area (TPSA) is 55.1 Å². The molecule has 0 bridgehead atoms. The Balaban J connectivity index is 2.81. The largest absolute Gasteiger partial charge is 0.478 e. The Morgan fingerprint density at radius 1 is 1.57 bits per heavy atom. The van der Waals surface area contributed by atoms with Crippen LogP contribution in [0.3, 0.4) is 0 Å². The number of hydrogen-bond donors (Lipinski definition) is 1. The van der Waals surface area contributed by atoms with E-state index in [1.807, 2.05) is 13.0 Å². The first-order chi connectivity index (χ1) is 6.74. The van der Waals surface area contributed by atoms with Crippen molar-refractivity contribution in [3.63, 3.8) is 0 Å². The lowest BCUT2D eigenvalue weighted by Gasteiger charge is -2.01. The van der Waals surface area contributed by atoms with E-state index in [0.29, 0.717) is 17.6 Å². The van der Waals surface area contributed by atoms with Gasteiger partial charge < -0.3 is 5.11 Å². The molecule has 0 radical (unpaired) electrons. The molecule has 1 heterocycles. The molecule has 1 aromatic heterocycles. The van der Waals surface area contributed by atoms with Crippen LogP contribution in [0.25, 0.3) is 10.9 Å². The summed E-state index contributed by atoms with van der Waals surface area (Å²) in [5.41, 5.74) is 1.00. The van der Waals surface area contributed by atoms with Crippen LogP contribution >= 0.6 is 0 Å². The smallest absolute Gasteiger partial charge is 0.337 e. The van der Waals surface area contributed by atoms with Gasteiger partial charge >= 0.3 is 5.97 Å². The second-order valence-corrected chi connectivity index (χ2v) is 3.01. The first kappa shape index (κ1) is 8.74. The van der Waals surface area contributed by atoms with E-state index in [1.165, 1.54) is 0 Å². The minimum absolute atomic E-state index is 0.307. The Morgan fingerprint density at radius 3 is 3.00 bits per heavy atom. The van der Waals surface area contributed by atoms with Crippen molar-refractivity contribution in [2.75, 3.05) is 0 Å². The van der Waals surface area contributed by atoms with Crippen molar-refractivity contribution < 1.29 is 9.90 Å². The van der Waals surface area contributed by atoms with Crippen molar-refractivity contribution in [1.82, 2.24) is 9.78 Å². The van der Waals surface area contributed by atoms with Gasteiger partial charge in [-0.3, -0.25) is 4.68 Å². The van der Waals surface area contributed by atoms with Crippen molar-refractivity contribution >= 4 is 16.9 Å². The van der Waals surface area contributed by atoms with Gasteiger partial charge in [-0.05, 0) is 13.0 Å². The number of carbonyl (C=O) groups is 1. The lowest BCUT2D eigenvalue weighted by atomic mass is 10.1. The van der Waals surface area contributed by atoms with Gasteiger partial charge in [-0.2, -0.15) is 5.10 Å². The summed E-state index contributed by atoms with van der Waals surface area (Å²) in [5.74, 6) is -0.911. The van der Waals surface area contributed by atoms with Crippen LogP contribution in [0.5, 0.6) is 0 Å². The Morgan fingerprint density at radius 2 is 2.36 bits per heavy atom. The fraction of sp³-hybridized carbons (Fsp3) is 0.200. The molecule has 4 heteroatoms. The molecule has 72 valence electrons. The van der Waals surface area contributed by atoms with Crippen LogP contribution in [-0.4, -0.2) is 20.9 Å². The van der Waals surface area contributed by atoms with Crippen LogP contribution < -0.4 is 0 Å². The lowest BCUT2D eigenvalue weighted by Crippen LogP contribution is -2.03. The number of benzene rings is 1. The molecular weight excluding hydrogens is 180 g/mol. The van der Waals surface area contributed by atoms with Gasteiger partial charge in [0.25, 0.3) is 0 Å². The Hall–Kier alpha value is -1.84. The van der Waals surface area contributed by atoms with Gasteiger partial charge in [0.2, 0.25) is 0 Å². The highest BCUT2D eigenvalue weighted by molar-refractivity contribution is 6.01. The third kappa shape index (κ3) is 1.16. The summed E-state index contributed by atoms with van der Waals surface area (Å²) in [4.78, 5) is 10.9. The number of rotatable bonds is 2. The monoisotopic (exact) mass is 190 g/mol. The van der Waals surface area contributed by atoms with Gasteiger partial charge in [0.05, 0.1) is 17.3 Å². The SMILES string of the molecule is CCn1ncc2cccc(C(=O)O)c21. The van der Waals surface area contributed by atoms with Crippen molar-refractivity contribution in [3.8, 4) is 0 Å². The average Bonchev–Trinajstić information content (AvgIpc) is 2.59. The van der Waals surface area contributed by atoms with Gasteiger partial charge in [-0.15, -0.1) is 0 Å². The highest BCUT2D eigenvalue weighted by Crippen LogP contribution is 2.18. The molecular formula is C10H10N2O2. The van der Waals surface area contributed by atoms with E-state index < -0.39 is 5.97 Å². The molecule has 0 aliphatic heterocycles. The molecule has 0 spiro atoms. The molecule has 0 saturated heterocycles. The van der Waals surface area contributed by atoms with Crippen LogP contribution in [0.4, 0.5) is 0 Å². The van der Waals surface area contributed by atoms with Gasteiger partial charge in [-0.1, -0.05) is 12.1 Å². The minimum Gasteiger partial charge on any atom is -0.478 e. The van der Waals surface area contributed by atoms with E-state index in [9.17, 15) is 4.79 Å². The number of nitrogens with zero attached hydrogens (tertiary/aromatic N) is 2. The van der Waals surface area contributed by atoms with E-state index in [0.717, 1.165) is 5.39 Å². The predicted octanol–water partition coefficient (Wildman–Crippen LogP) is 1.75. The third-order valence-corrected chi connectivity index (χ3v) is 2.19. The number of carboxylic acid groups (broad SMARTS) is 1. The van der Waals surface area contributed by atoms with Gasteiger partial charge in [0.15, 0.2) is 0 Å². The maximum absolute atomic E-state index is 10.9. The zero-order chi connectivity index (χ0) is 10.1. The van der Waals surface area contributed by atoms with Crippen molar-refractivity contribution in [3.05, 3.63) is 30.0 Å². The number of aromatic nitrogens is 2. The number of para-hydroxylation sites is 1. The van der Waals surface area contributed by atoms with Gasteiger partial charge in [0.1, 0.15) is 0 Å². The normalized spacial score (nSPS) is 10.6. The van der Waals surface area contributed by atoms with Gasteiger partial charge in [0, 0.05) is 11.9 Å². The highest BCUT2D eigenvalue weighted by atomic mass is 16.4. The summed E-state index contributed by atoms with van der Waals surface area (Å²) < 4.78 is 1.69. The van der Waals surface area contributed by atoms with Crippen LogP contribution in [0.2, 0.25) is 0 Å². The summed E-state index contributed by atoms with van der Waals surface area (Å²) in [6, 6.07) is 5.19. The number of fused-ring (bicyclic) bond motifs is 1. The van der Waals surface area contributed by atoms with E-state index >= 15 is 0 Å². The maximum atomic E-state index is 10.9. The Kier molecular flexibility index (Phi) is 1.96. The summed E-state index contributed by atoms with van der Waals surface area (Å²) >= 11 is 0. The van der Waals surface area contributed by atoms with Crippen LogP contribution in [-0.2, 0) is 6.54 Å². The summed E-state index contributed by atoms with van der Waals surface area (Å²) in [6.07, 6.45) is 1.69.